The fourth-order valence-electron chi connectivity index (χ4n) is 3.36. The predicted octanol–water partition coefficient (Wildman–Crippen LogP) is 3.48. The van der Waals surface area contributed by atoms with Crippen molar-refractivity contribution in [3.63, 3.8) is 0 Å². The minimum absolute atomic E-state index is 0.151. The zero-order valence-electron chi connectivity index (χ0n) is 19.9. The quantitative estimate of drug-likeness (QED) is 0.498. The summed E-state index contributed by atoms with van der Waals surface area (Å²) in [6.07, 6.45) is 5.10. The molecule has 1 aliphatic heterocycles. The van der Waals surface area contributed by atoms with Crippen molar-refractivity contribution in [2.75, 3.05) is 32.1 Å². The SMILES string of the molecule is COCC(C)Oc1cc(Oc2cnc(C(=O)N3CCC3)cn2)cc(C(=O)Nc2ccc(C)nc2)c1. The lowest BCUT2D eigenvalue weighted by Crippen LogP contribution is -2.42. The van der Waals surface area contributed by atoms with Crippen molar-refractivity contribution < 1.29 is 23.8 Å². The Morgan fingerprint density at radius 3 is 2.49 bits per heavy atom. The van der Waals surface area contributed by atoms with Gasteiger partial charge in [0, 0.05) is 37.5 Å². The largest absolute Gasteiger partial charge is 0.488 e. The molecular formula is C25H27N5O5. The normalized spacial score (nSPS) is 13.5. The number of nitrogens with one attached hydrogen (secondary N) is 1. The Balaban J connectivity index is 1.54. The average molecular weight is 478 g/mol. The summed E-state index contributed by atoms with van der Waals surface area (Å²) in [6.45, 7) is 5.56. The van der Waals surface area contributed by atoms with E-state index in [-0.39, 0.29) is 29.5 Å². The Hall–Kier alpha value is -4.05. The van der Waals surface area contributed by atoms with Crippen LogP contribution in [0.4, 0.5) is 5.69 Å². The molecule has 4 rings (SSSR count). The number of aryl methyl sites for hydroxylation is 1. The third-order valence-corrected chi connectivity index (χ3v) is 5.26. The Bertz CT molecular complexity index is 1180. The van der Waals surface area contributed by atoms with Crippen LogP contribution >= 0.6 is 0 Å². The Morgan fingerprint density at radius 1 is 1.06 bits per heavy atom. The molecule has 3 heterocycles. The van der Waals surface area contributed by atoms with Gasteiger partial charge in [0.2, 0.25) is 5.88 Å². The number of amides is 2. The maximum Gasteiger partial charge on any atom is 0.274 e. The van der Waals surface area contributed by atoms with Gasteiger partial charge in [0.05, 0.1) is 30.9 Å². The van der Waals surface area contributed by atoms with Gasteiger partial charge in [0.15, 0.2) is 0 Å². The molecule has 1 aromatic carbocycles. The number of ether oxygens (including phenoxy) is 3. The van der Waals surface area contributed by atoms with E-state index in [0.29, 0.717) is 29.4 Å². The molecule has 35 heavy (non-hydrogen) atoms. The second-order valence-corrected chi connectivity index (χ2v) is 8.21. The van der Waals surface area contributed by atoms with Crippen LogP contribution in [0.15, 0.2) is 48.9 Å². The van der Waals surface area contributed by atoms with Gasteiger partial charge in [0.25, 0.3) is 11.8 Å². The fourth-order valence-corrected chi connectivity index (χ4v) is 3.36. The van der Waals surface area contributed by atoms with E-state index in [2.05, 4.69) is 20.3 Å². The molecule has 1 N–H and O–H groups in total. The molecule has 3 aromatic rings. The van der Waals surface area contributed by atoms with E-state index in [1.807, 2.05) is 19.9 Å². The minimum atomic E-state index is -0.355. The van der Waals surface area contributed by atoms with Crippen molar-refractivity contribution >= 4 is 17.5 Å². The number of aromatic nitrogens is 3. The number of rotatable bonds is 9. The van der Waals surface area contributed by atoms with Gasteiger partial charge in [-0.25, -0.2) is 9.97 Å². The number of pyridine rings is 1. The molecule has 0 saturated carbocycles. The molecule has 1 fully saturated rings. The van der Waals surface area contributed by atoms with Crippen molar-refractivity contribution in [1.82, 2.24) is 19.9 Å². The fraction of sp³-hybridized carbons (Fsp3) is 0.320. The van der Waals surface area contributed by atoms with Crippen molar-refractivity contribution in [2.24, 2.45) is 0 Å². The first kappa shape index (κ1) is 24.1. The van der Waals surface area contributed by atoms with Gasteiger partial charge in [-0.3, -0.25) is 14.6 Å². The Kier molecular flexibility index (Phi) is 7.51. The van der Waals surface area contributed by atoms with Crippen LogP contribution in [0, 0.1) is 6.92 Å². The van der Waals surface area contributed by atoms with Gasteiger partial charge < -0.3 is 24.4 Å². The molecule has 1 unspecified atom stereocenters. The van der Waals surface area contributed by atoms with Crippen LogP contribution in [-0.2, 0) is 4.74 Å². The van der Waals surface area contributed by atoms with Crippen molar-refractivity contribution in [2.45, 2.75) is 26.4 Å². The van der Waals surface area contributed by atoms with Gasteiger partial charge in [-0.1, -0.05) is 0 Å². The predicted molar refractivity (Wildman–Crippen MR) is 128 cm³/mol. The smallest absolute Gasteiger partial charge is 0.274 e. The van der Waals surface area contributed by atoms with Crippen LogP contribution in [0.5, 0.6) is 17.4 Å². The molecule has 182 valence electrons. The summed E-state index contributed by atoms with van der Waals surface area (Å²) >= 11 is 0. The van der Waals surface area contributed by atoms with Gasteiger partial charge in [0.1, 0.15) is 23.3 Å². The summed E-state index contributed by atoms with van der Waals surface area (Å²) in [6, 6.07) is 8.43. The number of hydrogen-bond donors (Lipinski definition) is 1. The summed E-state index contributed by atoms with van der Waals surface area (Å²) in [7, 11) is 1.59. The number of hydrogen-bond acceptors (Lipinski definition) is 8. The second-order valence-electron chi connectivity index (χ2n) is 8.21. The zero-order valence-corrected chi connectivity index (χ0v) is 19.9. The molecule has 0 radical (unpaired) electrons. The van der Waals surface area contributed by atoms with Crippen LogP contribution in [-0.4, -0.2) is 64.6 Å². The van der Waals surface area contributed by atoms with Crippen LogP contribution in [0.3, 0.4) is 0 Å². The van der Waals surface area contributed by atoms with E-state index in [1.54, 1.807) is 42.5 Å². The lowest BCUT2D eigenvalue weighted by atomic mass is 10.1. The molecule has 10 heteroatoms. The Labute approximate surface area is 203 Å². The van der Waals surface area contributed by atoms with Crippen molar-refractivity contribution in [3.05, 3.63) is 65.9 Å². The highest BCUT2D eigenvalue weighted by Gasteiger charge is 2.23. The second kappa shape index (κ2) is 10.9. The lowest BCUT2D eigenvalue weighted by molar-refractivity contribution is 0.0645. The van der Waals surface area contributed by atoms with Gasteiger partial charge in [-0.15, -0.1) is 0 Å². The molecule has 0 bridgehead atoms. The third kappa shape index (κ3) is 6.30. The first-order valence-corrected chi connectivity index (χ1v) is 11.2. The van der Waals surface area contributed by atoms with E-state index in [1.165, 1.54) is 12.4 Å². The molecular weight excluding hydrogens is 450 g/mol. The monoisotopic (exact) mass is 477 g/mol. The molecule has 0 spiro atoms. The molecule has 1 atom stereocenters. The summed E-state index contributed by atoms with van der Waals surface area (Å²) in [4.78, 5) is 39.5. The van der Waals surface area contributed by atoms with E-state index >= 15 is 0 Å². The first-order valence-electron chi connectivity index (χ1n) is 11.2. The van der Waals surface area contributed by atoms with Gasteiger partial charge >= 0.3 is 0 Å². The molecule has 2 amide bonds. The van der Waals surface area contributed by atoms with Gasteiger partial charge in [-0.05, 0) is 44.5 Å². The van der Waals surface area contributed by atoms with E-state index < -0.39 is 0 Å². The van der Waals surface area contributed by atoms with E-state index in [9.17, 15) is 9.59 Å². The number of nitrogens with zero attached hydrogens (tertiary/aromatic N) is 4. The zero-order chi connectivity index (χ0) is 24.8. The van der Waals surface area contributed by atoms with Crippen LogP contribution in [0.25, 0.3) is 0 Å². The maximum absolute atomic E-state index is 12.9. The highest BCUT2D eigenvalue weighted by Crippen LogP contribution is 2.28. The molecule has 0 aliphatic carbocycles. The number of carbonyl (C=O) groups is 2. The third-order valence-electron chi connectivity index (χ3n) is 5.26. The summed E-state index contributed by atoms with van der Waals surface area (Å²) in [5.41, 5.74) is 1.99. The molecule has 1 aliphatic rings. The lowest BCUT2D eigenvalue weighted by Gasteiger charge is -2.30. The summed E-state index contributed by atoms with van der Waals surface area (Å²) < 4.78 is 16.9. The number of carbonyl (C=O) groups excluding carboxylic acids is 2. The number of likely N-dealkylation sites (tertiary alicyclic amines) is 1. The highest BCUT2D eigenvalue weighted by atomic mass is 16.5. The van der Waals surface area contributed by atoms with Crippen LogP contribution in [0.2, 0.25) is 0 Å². The van der Waals surface area contributed by atoms with Crippen molar-refractivity contribution in [1.29, 1.82) is 0 Å². The number of benzene rings is 1. The van der Waals surface area contributed by atoms with Crippen LogP contribution < -0.4 is 14.8 Å². The minimum Gasteiger partial charge on any atom is -0.488 e. The highest BCUT2D eigenvalue weighted by molar-refractivity contribution is 6.04. The molecule has 10 nitrogen and oxygen atoms in total. The van der Waals surface area contributed by atoms with Gasteiger partial charge in [-0.2, -0.15) is 0 Å². The van der Waals surface area contributed by atoms with E-state index in [4.69, 9.17) is 14.2 Å². The topological polar surface area (TPSA) is 116 Å². The molecule has 1 saturated heterocycles. The summed E-state index contributed by atoms with van der Waals surface area (Å²) in [5, 5.41) is 2.82. The first-order chi connectivity index (χ1) is 16.9. The average Bonchev–Trinajstić information content (AvgIpc) is 2.80. The number of anilines is 1. The van der Waals surface area contributed by atoms with Crippen LogP contribution in [0.1, 0.15) is 39.9 Å². The van der Waals surface area contributed by atoms with E-state index in [0.717, 1.165) is 25.2 Å². The summed E-state index contributed by atoms with van der Waals surface area (Å²) in [5.74, 6) is 0.433. The van der Waals surface area contributed by atoms with Crippen molar-refractivity contribution in [3.8, 4) is 17.4 Å². The Morgan fingerprint density at radius 2 is 1.86 bits per heavy atom. The molecule has 2 aromatic heterocycles. The number of methoxy groups -OCH3 is 1. The maximum atomic E-state index is 12.9. The standard InChI is InChI=1S/C25H27N5O5/c1-16-5-6-19(12-26-16)29-24(31)18-9-20(34-17(2)15-33-3)11-21(10-18)35-23-14-27-22(13-28-23)25(32)30-7-4-8-30/h5-6,9-14,17H,4,7-8,15H2,1-3H3,(H,29,31).